The Kier molecular flexibility index (Phi) is 3.26. The number of pyridine rings is 1. The van der Waals surface area contributed by atoms with Crippen LogP contribution < -0.4 is 5.73 Å². The molecule has 1 aromatic heterocycles. The first-order chi connectivity index (χ1) is 6.84. The zero-order valence-electron chi connectivity index (χ0n) is 7.98. The van der Waals surface area contributed by atoms with Gasteiger partial charge in [0.15, 0.2) is 0 Å². The van der Waals surface area contributed by atoms with Gasteiger partial charge in [-0.1, -0.05) is 0 Å². The number of ether oxygens (including phenoxy) is 1. The Labute approximate surface area is 88.0 Å². The summed E-state index contributed by atoms with van der Waals surface area (Å²) in [4.78, 5) is 5.13. The molecule has 2 heterocycles. The molecule has 1 aliphatic rings. The lowest BCUT2D eigenvalue weighted by Crippen LogP contribution is -2.07. The van der Waals surface area contributed by atoms with Crippen LogP contribution in [0.4, 0.5) is 5.82 Å². The highest BCUT2D eigenvalue weighted by molar-refractivity contribution is 7.99. The molecule has 0 spiro atoms. The maximum atomic E-state index is 5.59. The Morgan fingerprint density at radius 2 is 2.57 bits per heavy atom. The van der Waals surface area contributed by atoms with E-state index in [0.29, 0.717) is 11.9 Å². The van der Waals surface area contributed by atoms with E-state index in [1.54, 1.807) is 18.0 Å². The molecule has 0 saturated carbocycles. The van der Waals surface area contributed by atoms with Crippen molar-refractivity contribution in [2.75, 3.05) is 18.1 Å². The summed E-state index contributed by atoms with van der Waals surface area (Å²) in [5.41, 5.74) is 5.59. The maximum Gasteiger partial charge on any atom is 0.124 e. The summed E-state index contributed by atoms with van der Waals surface area (Å²) in [6, 6.07) is 3.88. The Balaban J connectivity index is 1.85. The van der Waals surface area contributed by atoms with Gasteiger partial charge in [-0.05, 0) is 25.0 Å². The average Bonchev–Trinajstić information content (AvgIpc) is 2.67. The minimum absolute atomic E-state index is 0.425. The van der Waals surface area contributed by atoms with Crippen LogP contribution in [0.5, 0.6) is 0 Å². The fraction of sp³-hybridized carbons (Fsp3) is 0.500. The fourth-order valence-electron chi connectivity index (χ4n) is 1.48. The SMILES string of the molecule is Nc1cc(SCC2CCCO2)ccn1. The normalized spacial score (nSPS) is 21.3. The van der Waals surface area contributed by atoms with Gasteiger partial charge in [0.2, 0.25) is 0 Å². The lowest BCUT2D eigenvalue weighted by Gasteiger charge is -2.08. The predicted molar refractivity (Wildman–Crippen MR) is 58.3 cm³/mol. The molecule has 4 heteroatoms. The molecule has 3 nitrogen and oxygen atoms in total. The molecule has 1 unspecified atom stereocenters. The monoisotopic (exact) mass is 210 g/mol. The van der Waals surface area contributed by atoms with Crippen LogP contribution in [0.25, 0.3) is 0 Å². The van der Waals surface area contributed by atoms with Gasteiger partial charge in [0.1, 0.15) is 5.82 Å². The molecular weight excluding hydrogens is 196 g/mol. The lowest BCUT2D eigenvalue weighted by molar-refractivity contribution is 0.129. The van der Waals surface area contributed by atoms with Gasteiger partial charge < -0.3 is 10.5 Å². The van der Waals surface area contributed by atoms with Crippen molar-refractivity contribution in [3.8, 4) is 0 Å². The number of nitrogen functional groups attached to an aromatic ring is 1. The van der Waals surface area contributed by atoms with Crippen molar-refractivity contribution in [3.63, 3.8) is 0 Å². The highest BCUT2D eigenvalue weighted by Crippen LogP contribution is 2.24. The van der Waals surface area contributed by atoms with Gasteiger partial charge in [-0.2, -0.15) is 0 Å². The second-order valence-electron chi connectivity index (χ2n) is 3.36. The summed E-state index contributed by atoms with van der Waals surface area (Å²) in [5.74, 6) is 1.60. The first-order valence-electron chi connectivity index (χ1n) is 4.80. The zero-order chi connectivity index (χ0) is 9.80. The van der Waals surface area contributed by atoms with Crippen molar-refractivity contribution in [3.05, 3.63) is 18.3 Å². The molecule has 0 aromatic carbocycles. The second-order valence-corrected chi connectivity index (χ2v) is 4.46. The molecule has 76 valence electrons. The third-order valence-electron chi connectivity index (χ3n) is 2.21. The van der Waals surface area contributed by atoms with Crippen LogP contribution in [0, 0.1) is 0 Å². The third-order valence-corrected chi connectivity index (χ3v) is 3.34. The Morgan fingerprint density at radius 1 is 1.64 bits per heavy atom. The smallest absolute Gasteiger partial charge is 0.124 e. The lowest BCUT2D eigenvalue weighted by atomic mass is 10.3. The fourth-order valence-corrected chi connectivity index (χ4v) is 2.49. The molecule has 0 amide bonds. The van der Waals surface area contributed by atoms with Crippen molar-refractivity contribution in [1.29, 1.82) is 0 Å². The van der Waals surface area contributed by atoms with Gasteiger partial charge in [0.05, 0.1) is 6.10 Å². The van der Waals surface area contributed by atoms with Crippen molar-refractivity contribution in [1.82, 2.24) is 4.98 Å². The standard InChI is InChI=1S/C10H14N2OS/c11-10-6-9(3-4-12-10)14-7-8-2-1-5-13-8/h3-4,6,8H,1-2,5,7H2,(H2,11,12). The average molecular weight is 210 g/mol. The van der Waals surface area contributed by atoms with Crippen LogP contribution in [-0.2, 0) is 4.74 Å². The molecule has 14 heavy (non-hydrogen) atoms. The Hall–Kier alpha value is -0.740. The van der Waals surface area contributed by atoms with E-state index in [1.807, 2.05) is 12.1 Å². The van der Waals surface area contributed by atoms with E-state index in [9.17, 15) is 0 Å². The van der Waals surface area contributed by atoms with Crippen LogP contribution in [-0.4, -0.2) is 23.4 Å². The van der Waals surface area contributed by atoms with E-state index in [0.717, 1.165) is 12.4 Å². The third kappa shape index (κ3) is 2.62. The molecule has 1 atom stereocenters. The number of nitrogens with two attached hydrogens (primary N) is 1. The van der Waals surface area contributed by atoms with Gasteiger partial charge in [-0.25, -0.2) is 4.98 Å². The van der Waals surface area contributed by atoms with Gasteiger partial charge in [0, 0.05) is 23.5 Å². The van der Waals surface area contributed by atoms with Crippen LogP contribution in [0.2, 0.25) is 0 Å². The molecule has 0 bridgehead atoms. The number of thioether (sulfide) groups is 1. The molecule has 0 aliphatic carbocycles. The quantitative estimate of drug-likeness (QED) is 0.774. The largest absolute Gasteiger partial charge is 0.384 e. The van der Waals surface area contributed by atoms with E-state index in [4.69, 9.17) is 10.5 Å². The van der Waals surface area contributed by atoms with Crippen molar-refractivity contribution >= 4 is 17.6 Å². The topological polar surface area (TPSA) is 48.1 Å². The van der Waals surface area contributed by atoms with E-state index >= 15 is 0 Å². The molecule has 1 aromatic rings. The number of hydrogen-bond donors (Lipinski definition) is 1. The van der Waals surface area contributed by atoms with Crippen molar-refractivity contribution < 1.29 is 4.74 Å². The molecular formula is C10H14N2OS. The molecule has 1 saturated heterocycles. The number of hydrogen-bond acceptors (Lipinski definition) is 4. The maximum absolute atomic E-state index is 5.59. The second kappa shape index (κ2) is 4.66. The van der Waals surface area contributed by atoms with Gasteiger partial charge >= 0.3 is 0 Å². The summed E-state index contributed by atoms with van der Waals surface area (Å²) >= 11 is 1.79. The summed E-state index contributed by atoms with van der Waals surface area (Å²) in [6.07, 6.45) is 4.55. The molecule has 2 rings (SSSR count). The molecule has 1 aliphatic heterocycles. The minimum atomic E-state index is 0.425. The van der Waals surface area contributed by atoms with Crippen LogP contribution in [0.3, 0.4) is 0 Å². The Morgan fingerprint density at radius 3 is 3.29 bits per heavy atom. The number of anilines is 1. The first kappa shape index (κ1) is 9.80. The summed E-state index contributed by atoms with van der Waals surface area (Å²) < 4.78 is 5.54. The molecule has 1 fully saturated rings. The summed E-state index contributed by atoms with van der Waals surface area (Å²) in [7, 11) is 0. The van der Waals surface area contributed by atoms with E-state index in [2.05, 4.69) is 4.98 Å². The minimum Gasteiger partial charge on any atom is -0.384 e. The highest BCUT2D eigenvalue weighted by atomic mass is 32.2. The van der Waals surface area contributed by atoms with Gasteiger partial charge in [-0.3, -0.25) is 0 Å². The highest BCUT2D eigenvalue weighted by Gasteiger charge is 2.15. The first-order valence-corrected chi connectivity index (χ1v) is 5.79. The van der Waals surface area contributed by atoms with Gasteiger partial charge in [0.25, 0.3) is 0 Å². The van der Waals surface area contributed by atoms with Gasteiger partial charge in [-0.15, -0.1) is 11.8 Å². The Bertz CT molecular complexity index is 300. The van der Waals surface area contributed by atoms with Crippen molar-refractivity contribution in [2.24, 2.45) is 0 Å². The van der Waals surface area contributed by atoms with E-state index in [1.165, 1.54) is 17.7 Å². The van der Waals surface area contributed by atoms with Crippen LogP contribution in [0.15, 0.2) is 23.2 Å². The van der Waals surface area contributed by atoms with E-state index in [-0.39, 0.29) is 0 Å². The predicted octanol–water partition coefficient (Wildman–Crippen LogP) is 1.93. The van der Waals surface area contributed by atoms with Crippen molar-refractivity contribution in [2.45, 2.75) is 23.8 Å². The number of aromatic nitrogens is 1. The molecule has 2 N–H and O–H groups in total. The number of rotatable bonds is 3. The van der Waals surface area contributed by atoms with E-state index < -0.39 is 0 Å². The summed E-state index contributed by atoms with van der Waals surface area (Å²) in [6.45, 7) is 0.920. The number of nitrogens with zero attached hydrogens (tertiary/aromatic N) is 1. The molecule has 0 radical (unpaired) electrons. The van der Waals surface area contributed by atoms with Crippen LogP contribution in [0.1, 0.15) is 12.8 Å². The van der Waals surface area contributed by atoms with Crippen LogP contribution >= 0.6 is 11.8 Å². The summed E-state index contributed by atoms with van der Waals surface area (Å²) in [5, 5.41) is 0. The zero-order valence-corrected chi connectivity index (χ0v) is 8.80.